The second-order valence-corrected chi connectivity index (χ2v) is 10.6. The van der Waals surface area contributed by atoms with E-state index in [1.165, 1.54) is 23.4 Å². The zero-order valence-electron chi connectivity index (χ0n) is 19.3. The minimum atomic E-state index is -3.63. The maximum Gasteiger partial charge on any atom is 0.310 e. The number of likely N-dealkylation sites (tertiary alicyclic amines) is 1. The molecule has 1 aromatic rings. The summed E-state index contributed by atoms with van der Waals surface area (Å²) in [6, 6.07) is 6.13. The minimum Gasteiger partial charge on any atom is -0.466 e. The summed E-state index contributed by atoms with van der Waals surface area (Å²) in [6.07, 6.45) is 3.13. The highest BCUT2D eigenvalue weighted by molar-refractivity contribution is 7.89. The van der Waals surface area contributed by atoms with Crippen LogP contribution in [0.25, 0.3) is 0 Å². The molecule has 1 atom stereocenters. The second kappa shape index (κ2) is 11.1. The van der Waals surface area contributed by atoms with Crippen LogP contribution in [-0.2, 0) is 29.1 Å². The molecule has 1 N–H and O–H groups in total. The topological polar surface area (TPSA) is 113 Å². The van der Waals surface area contributed by atoms with Gasteiger partial charge in [-0.25, -0.2) is 8.42 Å². The second-order valence-electron chi connectivity index (χ2n) is 8.69. The zero-order chi connectivity index (χ0) is 24.0. The van der Waals surface area contributed by atoms with Crippen molar-refractivity contribution in [2.75, 3.05) is 38.1 Å². The van der Waals surface area contributed by atoms with Crippen LogP contribution >= 0.6 is 0 Å². The molecule has 0 bridgehead atoms. The van der Waals surface area contributed by atoms with Gasteiger partial charge in [-0.05, 0) is 62.8 Å². The summed E-state index contributed by atoms with van der Waals surface area (Å²) in [7, 11) is -3.63. The number of nitrogens with zero attached hydrogens (tertiary/aromatic N) is 2. The van der Waals surface area contributed by atoms with Crippen molar-refractivity contribution in [2.24, 2.45) is 11.8 Å². The molecule has 33 heavy (non-hydrogen) atoms. The summed E-state index contributed by atoms with van der Waals surface area (Å²) < 4.78 is 32.5. The largest absolute Gasteiger partial charge is 0.466 e. The lowest BCUT2D eigenvalue weighted by Crippen LogP contribution is -2.44. The summed E-state index contributed by atoms with van der Waals surface area (Å²) in [5, 5.41) is 2.62. The van der Waals surface area contributed by atoms with Crippen LogP contribution in [0.1, 0.15) is 46.0 Å². The smallest absolute Gasteiger partial charge is 0.310 e. The molecule has 2 aliphatic rings. The van der Waals surface area contributed by atoms with Crippen molar-refractivity contribution >= 4 is 33.5 Å². The SMILES string of the molecule is CCOC(=O)[C@H]1CCCN(C(=O)CC2CCN(S(=O)(=O)c3ccc(NC(C)=O)cc3)CC2)C1. The van der Waals surface area contributed by atoms with E-state index in [-0.39, 0.29) is 34.5 Å². The number of rotatable bonds is 7. The number of hydrogen-bond donors (Lipinski definition) is 1. The number of esters is 1. The van der Waals surface area contributed by atoms with Gasteiger partial charge >= 0.3 is 5.97 Å². The lowest BCUT2D eigenvalue weighted by atomic mass is 9.92. The molecular formula is C23H33N3O6S. The van der Waals surface area contributed by atoms with E-state index in [0.717, 1.165) is 12.8 Å². The Labute approximate surface area is 195 Å². The third-order valence-electron chi connectivity index (χ3n) is 6.24. The number of hydrogen-bond acceptors (Lipinski definition) is 6. The van der Waals surface area contributed by atoms with Crippen LogP contribution in [0.4, 0.5) is 5.69 Å². The molecule has 9 nitrogen and oxygen atoms in total. The van der Waals surface area contributed by atoms with Crippen LogP contribution in [0.2, 0.25) is 0 Å². The Bertz CT molecular complexity index is 955. The van der Waals surface area contributed by atoms with Crippen LogP contribution in [0, 0.1) is 11.8 Å². The van der Waals surface area contributed by atoms with Crippen molar-refractivity contribution < 1.29 is 27.5 Å². The van der Waals surface area contributed by atoms with Crippen LogP contribution < -0.4 is 5.32 Å². The van der Waals surface area contributed by atoms with Crippen molar-refractivity contribution in [3.05, 3.63) is 24.3 Å². The average Bonchev–Trinajstić information content (AvgIpc) is 2.79. The average molecular weight is 480 g/mol. The van der Waals surface area contributed by atoms with Crippen molar-refractivity contribution in [3.8, 4) is 0 Å². The molecule has 1 aromatic carbocycles. The highest BCUT2D eigenvalue weighted by atomic mass is 32.2. The molecule has 3 rings (SSSR count). The van der Waals surface area contributed by atoms with Crippen molar-refractivity contribution in [1.29, 1.82) is 0 Å². The number of piperidine rings is 2. The van der Waals surface area contributed by atoms with E-state index in [2.05, 4.69) is 5.32 Å². The summed E-state index contributed by atoms with van der Waals surface area (Å²) in [4.78, 5) is 37.9. The van der Waals surface area contributed by atoms with E-state index in [0.29, 0.717) is 57.7 Å². The fourth-order valence-electron chi connectivity index (χ4n) is 4.45. The fraction of sp³-hybridized carbons (Fsp3) is 0.609. The molecule has 2 aliphatic heterocycles. The maximum atomic E-state index is 13.0. The Kier molecular flexibility index (Phi) is 8.47. The minimum absolute atomic E-state index is 0.0267. The highest BCUT2D eigenvalue weighted by Crippen LogP contribution is 2.28. The molecule has 10 heteroatoms. The number of amides is 2. The molecular weight excluding hydrogens is 446 g/mol. The Hall–Kier alpha value is -2.46. The first-order chi connectivity index (χ1) is 15.7. The van der Waals surface area contributed by atoms with Gasteiger partial charge < -0.3 is 15.0 Å². The monoisotopic (exact) mass is 479 g/mol. The number of nitrogens with one attached hydrogen (secondary N) is 1. The third-order valence-corrected chi connectivity index (χ3v) is 8.16. The lowest BCUT2D eigenvalue weighted by molar-refractivity contribution is -0.151. The highest BCUT2D eigenvalue weighted by Gasteiger charge is 2.33. The predicted octanol–water partition coefficient (Wildman–Crippen LogP) is 2.24. The maximum absolute atomic E-state index is 13.0. The Morgan fingerprint density at radius 3 is 2.33 bits per heavy atom. The van der Waals surface area contributed by atoms with Gasteiger partial charge in [-0.3, -0.25) is 14.4 Å². The van der Waals surface area contributed by atoms with Crippen molar-refractivity contribution in [2.45, 2.75) is 50.8 Å². The molecule has 2 heterocycles. The van der Waals surface area contributed by atoms with Crippen LogP contribution in [0.15, 0.2) is 29.2 Å². The van der Waals surface area contributed by atoms with Gasteiger partial charge in [-0.15, -0.1) is 0 Å². The molecule has 0 aliphatic carbocycles. The number of carbonyl (C=O) groups excluding carboxylic acids is 3. The van der Waals surface area contributed by atoms with E-state index in [1.54, 1.807) is 24.0 Å². The molecule has 0 spiro atoms. The van der Waals surface area contributed by atoms with E-state index < -0.39 is 10.0 Å². The zero-order valence-corrected chi connectivity index (χ0v) is 20.1. The van der Waals surface area contributed by atoms with Gasteiger partial charge in [-0.2, -0.15) is 4.31 Å². The standard InChI is InChI=1S/C23H33N3O6S/c1-3-32-23(29)19-5-4-12-25(16-19)22(28)15-18-10-13-26(14-11-18)33(30,31)21-8-6-20(7-9-21)24-17(2)27/h6-9,18-19H,3-5,10-16H2,1-2H3,(H,24,27)/t19-/m0/s1. The van der Waals surface area contributed by atoms with E-state index >= 15 is 0 Å². The summed E-state index contributed by atoms with van der Waals surface area (Å²) >= 11 is 0. The molecule has 0 aromatic heterocycles. The third kappa shape index (κ3) is 6.54. The molecule has 0 radical (unpaired) electrons. The molecule has 2 fully saturated rings. The fourth-order valence-corrected chi connectivity index (χ4v) is 5.92. The lowest BCUT2D eigenvalue weighted by Gasteiger charge is -2.34. The number of carbonyl (C=O) groups is 3. The molecule has 182 valence electrons. The first kappa shape index (κ1) is 25.2. The molecule has 2 amide bonds. The molecule has 0 saturated carbocycles. The van der Waals surface area contributed by atoms with Gasteiger partial charge in [0.05, 0.1) is 17.4 Å². The predicted molar refractivity (Wildman–Crippen MR) is 123 cm³/mol. The summed E-state index contributed by atoms with van der Waals surface area (Å²) in [5.41, 5.74) is 0.543. The number of anilines is 1. The molecule has 0 unspecified atom stereocenters. The Balaban J connectivity index is 1.51. The van der Waals surface area contributed by atoms with Gasteiger partial charge in [0.1, 0.15) is 0 Å². The first-order valence-electron chi connectivity index (χ1n) is 11.5. The number of sulfonamides is 1. The van der Waals surface area contributed by atoms with Crippen LogP contribution in [0.3, 0.4) is 0 Å². The van der Waals surface area contributed by atoms with Crippen molar-refractivity contribution in [3.63, 3.8) is 0 Å². The quantitative estimate of drug-likeness (QED) is 0.600. The normalized spacial score (nSPS) is 20.3. The summed E-state index contributed by atoms with van der Waals surface area (Å²) in [6.45, 7) is 5.28. The van der Waals surface area contributed by atoms with Crippen LogP contribution in [0.5, 0.6) is 0 Å². The first-order valence-corrected chi connectivity index (χ1v) is 13.0. The van der Waals surface area contributed by atoms with E-state index in [4.69, 9.17) is 4.74 Å². The Morgan fingerprint density at radius 2 is 1.73 bits per heavy atom. The van der Waals surface area contributed by atoms with Crippen LogP contribution in [-0.4, -0.2) is 68.2 Å². The molecule has 2 saturated heterocycles. The van der Waals surface area contributed by atoms with E-state index in [1.807, 2.05) is 0 Å². The Morgan fingerprint density at radius 1 is 1.06 bits per heavy atom. The van der Waals surface area contributed by atoms with Gasteiger partial charge in [0.15, 0.2) is 0 Å². The van der Waals surface area contributed by atoms with Gasteiger partial charge in [0, 0.05) is 45.2 Å². The van der Waals surface area contributed by atoms with Crippen molar-refractivity contribution in [1.82, 2.24) is 9.21 Å². The van der Waals surface area contributed by atoms with Gasteiger partial charge in [-0.1, -0.05) is 0 Å². The number of ether oxygens (including phenoxy) is 1. The summed E-state index contributed by atoms with van der Waals surface area (Å²) in [5.74, 6) is -0.568. The number of benzene rings is 1. The van der Waals surface area contributed by atoms with E-state index in [9.17, 15) is 22.8 Å². The van der Waals surface area contributed by atoms with Gasteiger partial charge in [0.2, 0.25) is 21.8 Å². The van der Waals surface area contributed by atoms with Gasteiger partial charge in [0.25, 0.3) is 0 Å².